The molecule has 0 N–H and O–H groups in total. The van der Waals surface area contributed by atoms with Crippen LogP contribution in [0.4, 0.5) is 0 Å². The normalized spacial score (nSPS) is 10.9. The van der Waals surface area contributed by atoms with E-state index in [-0.39, 0.29) is 0 Å². The molecular weight excluding hydrogens is 429 g/mol. The van der Waals surface area contributed by atoms with Gasteiger partial charge in [0.25, 0.3) is 0 Å². The molecule has 0 fully saturated rings. The molecule has 2 aromatic rings. The maximum atomic E-state index is 9.54. The topological polar surface area (TPSA) is 51.5 Å². The van der Waals surface area contributed by atoms with Crippen molar-refractivity contribution in [3.8, 4) is 23.3 Å². The van der Waals surface area contributed by atoms with Crippen molar-refractivity contribution in [2.24, 2.45) is 0 Å². The maximum absolute atomic E-state index is 9.54. The van der Waals surface area contributed by atoms with Gasteiger partial charge in [0.1, 0.15) is 5.75 Å². The number of halogens is 1. The highest BCUT2D eigenvalue weighted by molar-refractivity contribution is 14.1. The molecule has 0 atom stereocenters. The Bertz CT molecular complexity index is 792. The largest absolute Gasteiger partial charge is 0.497 e. The lowest BCUT2D eigenvalue weighted by Gasteiger charge is -2.13. The minimum absolute atomic E-state index is 0.549. The zero-order valence-corrected chi connectivity index (χ0v) is 16.7. The van der Waals surface area contributed by atoms with E-state index in [0.29, 0.717) is 24.5 Å². The van der Waals surface area contributed by atoms with Gasteiger partial charge in [-0.25, -0.2) is 0 Å². The molecule has 25 heavy (non-hydrogen) atoms. The Hall–Kier alpha value is -2.20. The number of hydrogen-bond acceptors (Lipinski definition) is 4. The van der Waals surface area contributed by atoms with Gasteiger partial charge in [0.2, 0.25) is 0 Å². The van der Waals surface area contributed by atoms with E-state index in [1.165, 1.54) is 0 Å². The van der Waals surface area contributed by atoms with Crippen molar-refractivity contribution >= 4 is 34.2 Å². The van der Waals surface area contributed by atoms with E-state index in [1.807, 2.05) is 56.3 Å². The van der Waals surface area contributed by atoms with Gasteiger partial charge in [-0.05, 0) is 90.0 Å². The van der Waals surface area contributed by atoms with Crippen LogP contribution < -0.4 is 14.2 Å². The smallest absolute Gasteiger partial charge is 0.174 e. The lowest BCUT2D eigenvalue weighted by atomic mass is 10.0. The SMILES string of the molecule is CCOc1cc(/C=C(\C#N)c2ccc(OC)cc2)cc(I)c1OCC. The van der Waals surface area contributed by atoms with E-state index in [1.54, 1.807) is 7.11 Å². The Morgan fingerprint density at radius 2 is 1.80 bits per heavy atom. The summed E-state index contributed by atoms with van der Waals surface area (Å²) in [6, 6.07) is 13.6. The van der Waals surface area contributed by atoms with E-state index in [0.717, 1.165) is 26.2 Å². The van der Waals surface area contributed by atoms with Crippen LogP contribution in [0.5, 0.6) is 17.2 Å². The summed E-state index contributed by atoms with van der Waals surface area (Å²) in [5.41, 5.74) is 2.30. The van der Waals surface area contributed by atoms with Crippen molar-refractivity contribution in [2.75, 3.05) is 20.3 Å². The van der Waals surface area contributed by atoms with Gasteiger partial charge in [-0.1, -0.05) is 0 Å². The molecule has 0 heterocycles. The summed E-state index contributed by atoms with van der Waals surface area (Å²) in [6.07, 6.45) is 1.85. The first kappa shape index (κ1) is 19.1. The first-order valence-corrected chi connectivity index (χ1v) is 9.06. The fourth-order valence-electron chi connectivity index (χ4n) is 2.34. The van der Waals surface area contributed by atoms with Gasteiger partial charge in [-0.3, -0.25) is 0 Å². The predicted octanol–water partition coefficient (Wildman–Crippen LogP) is 5.16. The molecule has 0 aliphatic rings. The van der Waals surface area contributed by atoms with Crippen LogP contribution in [0.1, 0.15) is 25.0 Å². The highest BCUT2D eigenvalue weighted by Crippen LogP contribution is 2.35. The highest BCUT2D eigenvalue weighted by Gasteiger charge is 2.12. The molecule has 0 bridgehead atoms. The number of nitriles is 1. The number of methoxy groups -OCH3 is 1. The Labute approximate surface area is 162 Å². The minimum atomic E-state index is 0.549. The van der Waals surface area contributed by atoms with Crippen LogP contribution >= 0.6 is 22.6 Å². The third kappa shape index (κ3) is 4.89. The molecule has 5 heteroatoms. The maximum Gasteiger partial charge on any atom is 0.174 e. The second-order valence-electron chi connectivity index (χ2n) is 5.09. The molecule has 130 valence electrons. The lowest BCUT2D eigenvalue weighted by molar-refractivity contribution is 0.286. The van der Waals surface area contributed by atoms with E-state index in [2.05, 4.69) is 28.7 Å². The molecule has 0 saturated heterocycles. The molecule has 0 aliphatic carbocycles. The molecule has 0 saturated carbocycles. The van der Waals surface area contributed by atoms with Gasteiger partial charge in [-0.2, -0.15) is 5.26 Å². The average molecular weight is 449 g/mol. The molecule has 0 aliphatic heterocycles. The van der Waals surface area contributed by atoms with Crippen molar-refractivity contribution in [2.45, 2.75) is 13.8 Å². The zero-order valence-electron chi connectivity index (χ0n) is 14.5. The molecule has 0 amide bonds. The third-order valence-corrected chi connectivity index (χ3v) is 4.25. The monoisotopic (exact) mass is 449 g/mol. The van der Waals surface area contributed by atoms with Gasteiger partial charge in [0.15, 0.2) is 11.5 Å². The fourth-order valence-corrected chi connectivity index (χ4v) is 3.12. The van der Waals surface area contributed by atoms with E-state index >= 15 is 0 Å². The second kappa shape index (κ2) is 9.33. The molecule has 0 radical (unpaired) electrons. The summed E-state index contributed by atoms with van der Waals surface area (Å²) >= 11 is 2.22. The molecule has 2 rings (SSSR count). The number of nitrogens with zero attached hydrogens (tertiary/aromatic N) is 1. The van der Waals surface area contributed by atoms with Crippen molar-refractivity contribution in [1.82, 2.24) is 0 Å². The summed E-state index contributed by atoms with van der Waals surface area (Å²) in [6.45, 7) is 4.99. The van der Waals surface area contributed by atoms with Crippen LogP contribution in [0.25, 0.3) is 11.6 Å². The Balaban J connectivity index is 2.44. The predicted molar refractivity (Wildman–Crippen MR) is 108 cm³/mol. The second-order valence-corrected chi connectivity index (χ2v) is 6.26. The lowest BCUT2D eigenvalue weighted by Crippen LogP contribution is -2.00. The van der Waals surface area contributed by atoms with Gasteiger partial charge >= 0.3 is 0 Å². The quantitative estimate of drug-likeness (QED) is 0.333. The van der Waals surface area contributed by atoms with E-state index in [9.17, 15) is 5.26 Å². The molecule has 4 nitrogen and oxygen atoms in total. The van der Waals surface area contributed by atoms with E-state index < -0.39 is 0 Å². The summed E-state index contributed by atoms with van der Waals surface area (Å²) in [4.78, 5) is 0. The van der Waals surface area contributed by atoms with Crippen molar-refractivity contribution < 1.29 is 14.2 Å². The van der Waals surface area contributed by atoms with Crippen molar-refractivity contribution in [3.63, 3.8) is 0 Å². The number of rotatable bonds is 7. The number of benzene rings is 2. The first-order valence-electron chi connectivity index (χ1n) is 7.98. The average Bonchev–Trinajstić information content (AvgIpc) is 2.63. The van der Waals surface area contributed by atoms with Gasteiger partial charge in [0.05, 0.1) is 35.5 Å². The summed E-state index contributed by atoms with van der Waals surface area (Å²) in [5.74, 6) is 2.19. The summed E-state index contributed by atoms with van der Waals surface area (Å²) < 4.78 is 17.5. The van der Waals surface area contributed by atoms with Crippen molar-refractivity contribution in [3.05, 3.63) is 51.1 Å². The Morgan fingerprint density at radius 3 is 2.36 bits per heavy atom. The first-order chi connectivity index (χ1) is 12.1. The van der Waals surface area contributed by atoms with Crippen molar-refractivity contribution in [1.29, 1.82) is 5.26 Å². The molecule has 2 aromatic carbocycles. The van der Waals surface area contributed by atoms with Gasteiger partial charge < -0.3 is 14.2 Å². The Morgan fingerprint density at radius 1 is 1.12 bits per heavy atom. The summed E-state index contributed by atoms with van der Waals surface area (Å²) in [7, 11) is 1.62. The molecular formula is C20H20INO3. The summed E-state index contributed by atoms with van der Waals surface area (Å²) in [5, 5.41) is 9.54. The molecule has 0 aromatic heterocycles. The van der Waals surface area contributed by atoms with Crippen LogP contribution in [0.2, 0.25) is 0 Å². The molecule has 0 spiro atoms. The van der Waals surface area contributed by atoms with Crippen LogP contribution in [0, 0.1) is 14.9 Å². The van der Waals surface area contributed by atoms with Gasteiger partial charge in [0, 0.05) is 0 Å². The van der Waals surface area contributed by atoms with Crippen LogP contribution in [0.3, 0.4) is 0 Å². The minimum Gasteiger partial charge on any atom is -0.497 e. The standard InChI is InChI=1S/C20H20INO3/c1-4-24-19-12-14(11-18(21)20(19)25-5-2)10-16(13-22)15-6-8-17(23-3)9-7-15/h6-12H,4-5H2,1-3H3/b16-10+. The third-order valence-electron chi connectivity index (χ3n) is 3.45. The number of hydrogen-bond donors (Lipinski definition) is 0. The zero-order chi connectivity index (χ0) is 18.2. The van der Waals surface area contributed by atoms with Crippen LogP contribution in [-0.2, 0) is 0 Å². The fraction of sp³-hybridized carbons (Fsp3) is 0.250. The molecule has 0 unspecified atom stereocenters. The van der Waals surface area contributed by atoms with E-state index in [4.69, 9.17) is 14.2 Å². The van der Waals surface area contributed by atoms with Gasteiger partial charge in [-0.15, -0.1) is 0 Å². The van der Waals surface area contributed by atoms with Crippen LogP contribution in [-0.4, -0.2) is 20.3 Å². The number of allylic oxidation sites excluding steroid dienone is 1. The Kier molecular flexibility index (Phi) is 7.14. The van der Waals surface area contributed by atoms with Crippen LogP contribution in [0.15, 0.2) is 36.4 Å². The highest BCUT2D eigenvalue weighted by atomic mass is 127. The number of ether oxygens (including phenoxy) is 3.